The Hall–Kier alpha value is -2.50. The summed E-state index contributed by atoms with van der Waals surface area (Å²) in [5.74, 6) is 0. The van der Waals surface area contributed by atoms with Gasteiger partial charge in [-0.2, -0.15) is 0 Å². The summed E-state index contributed by atoms with van der Waals surface area (Å²) >= 11 is 0. The van der Waals surface area contributed by atoms with Gasteiger partial charge in [-0.05, 0) is 31.0 Å². The van der Waals surface area contributed by atoms with Crippen LogP contribution in [0.3, 0.4) is 0 Å². The zero-order valence-corrected chi connectivity index (χ0v) is 15.6. The number of ether oxygens (including phenoxy) is 1. The molecule has 26 heavy (non-hydrogen) atoms. The summed E-state index contributed by atoms with van der Waals surface area (Å²) in [6, 6.07) is 14.0. The quantitative estimate of drug-likeness (QED) is 0.657. The Labute approximate surface area is 153 Å². The Balaban J connectivity index is 1.86. The van der Waals surface area contributed by atoms with Crippen LogP contribution in [-0.2, 0) is 17.8 Å². The number of fused-ring (bicyclic) bond motifs is 1. The summed E-state index contributed by atoms with van der Waals surface area (Å²) in [5.41, 5.74) is 4.94. The molecule has 0 saturated heterocycles. The lowest BCUT2D eigenvalue weighted by Gasteiger charge is -2.22. The molecule has 5 nitrogen and oxygen atoms in total. The third-order valence-electron chi connectivity index (χ3n) is 4.46. The van der Waals surface area contributed by atoms with E-state index in [4.69, 9.17) is 9.72 Å². The number of nitrogens with zero attached hydrogens (tertiary/aromatic N) is 3. The molecule has 0 radical (unpaired) electrons. The van der Waals surface area contributed by atoms with Gasteiger partial charge in [0.2, 0.25) is 0 Å². The monoisotopic (exact) mass is 351 g/mol. The Morgan fingerprint density at radius 3 is 2.62 bits per heavy atom. The van der Waals surface area contributed by atoms with Gasteiger partial charge in [0.25, 0.3) is 5.56 Å². The fraction of sp³-hybridized carbons (Fsp3) is 0.333. The van der Waals surface area contributed by atoms with Gasteiger partial charge in [-0.3, -0.25) is 14.1 Å². The maximum atomic E-state index is 12.4. The highest BCUT2D eigenvalue weighted by atomic mass is 16.5. The number of rotatable bonds is 7. The molecule has 3 aromatic rings. The lowest BCUT2D eigenvalue weighted by atomic mass is 10.1. The third kappa shape index (κ3) is 4.36. The van der Waals surface area contributed by atoms with Crippen LogP contribution in [0.2, 0.25) is 0 Å². The Kier molecular flexibility index (Phi) is 5.81. The van der Waals surface area contributed by atoms with Crippen LogP contribution < -0.4 is 5.56 Å². The summed E-state index contributed by atoms with van der Waals surface area (Å²) in [4.78, 5) is 19.4. The van der Waals surface area contributed by atoms with E-state index in [0.29, 0.717) is 13.2 Å². The highest BCUT2D eigenvalue weighted by molar-refractivity contribution is 5.46. The third-order valence-corrected chi connectivity index (χ3v) is 4.46. The maximum absolute atomic E-state index is 12.4. The molecule has 1 aromatic carbocycles. The molecule has 0 N–H and O–H groups in total. The van der Waals surface area contributed by atoms with Crippen LogP contribution in [0.15, 0.2) is 53.5 Å². The lowest BCUT2D eigenvalue weighted by Crippen LogP contribution is -2.28. The number of pyridine rings is 1. The first-order valence-corrected chi connectivity index (χ1v) is 8.81. The molecule has 0 atom stereocenters. The van der Waals surface area contributed by atoms with Crippen molar-refractivity contribution >= 4 is 5.65 Å². The number of hydrogen-bond donors (Lipinski definition) is 0. The highest BCUT2D eigenvalue weighted by Gasteiger charge is 2.11. The average Bonchev–Trinajstić information content (AvgIpc) is 2.62. The fourth-order valence-corrected chi connectivity index (χ4v) is 3.01. The van der Waals surface area contributed by atoms with E-state index in [1.165, 1.54) is 11.1 Å². The van der Waals surface area contributed by atoms with E-state index >= 15 is 0 Å². The van der Waals surface area contributed by atoms with Crippen molar-refractivity contribution in [2.24, 2.45) is 0 Å². The number of hydrogen-bond acceptors (Lipinski definition) is 4. The van der Waals surface area contributed by atoms with Crippen LogP contribution in [0.1, 0.15) is 22.4 Å². The van der Waals surface area contributed by atoms with Crippen molar-refractivity contribution < 1.29 is 4.74 Å². The summed E-state index contributed by atoms with van der Waals surface area (Å²) < 4.78 is 6.85. The van der Waals surface area contributed by atoms with Gasteiger partial charge in [-0.15, -0.1) is 0 Å². The van der Waals surface area contributed by atoms with Crippen molar-refractivity contribution in [1.82, 2.24) is 14.3 Å². The molecule has 5 heteroatoms. The average molecular weight is 351 g/mol. The minimum atomic E-state index is -0.0456. The second-order valence-corrected chi connectivity index (χ2v) is 6.66. The fourth-order valence-electron chi connectivity index (χ4n) is 3.01. The molecule has 2 aromatic heterocycles. The van der Waals surface area contributed by atoms with Crippen molar-refractivity contribution in [3.8, 4) is 0 Å². The predicted molar refractivity (Wildman–Crippen MR) is 103 cm³/mol. The molecule has 0 aliphatic carbocycles. The molecule has 0 fully saturated rings. The molecular formula is C21H25N3O2. The van der Waals surface area contributed by atoms with Crippen LogP contribution >= 0.6 is 0 Å². The van der Waals surface area contributed by atoms with Gasteiger partial charge < -0.3 is 4.74 Å². The van der Waals surface area contributed by atoms with Gasteiger partial charge in [0.05, 0.1) is 12.3 Å². The van der Waals surface area contributed by atoms with E-state index in [-0.39, 0.29) is 5.56 Å². The SMILES string of the molecule is COCCN(Cc1ccc(C)cc1)Cc1cc(=O)n2cccc(C)c2n1. The topological polar surface area (TPSA) is 46.8 Å². The van der Waals surface area contributed by atoms with E-state index < -0.39 is 0 Å². The maximum Gasteiger partial charge on any atom is 0.258 e. The second kappa shape index (κ2) is 8.25. The summed E-state index contributed by atoms with van der Waals surface area (Å²) in [6.07, 6.45) is 1.76. The molecule has 136 valence electrons. The first kappa shape index (κ1) is 18.3. The van der Waals surface area contributed by atoms with Crippen molar-refractivity contribution in [1.29, 1.82) is 0 Å². The predicted octanol–water partition coefficient (Wildman–Crippen LogP) is 2.96. The standard InChI is InChI=1S/C21H25N3O2/c1-16-6-8-18(9-7-16)14-23(11-12-26-3)15-19-13-20(25)24-10-4-5-17(2)21(24)22-19/h4-10,13H,11-12,14-15H2,1-3H3. The van der Waals surface area contributed by atoms with Crippen molar-refractivity contribution in [2.75, 3.05) is 20.3 Å². The van der Waals surface area contributed by atoms with Crippen molar-refractivity contribution in [2.45, 2.75) is 26.9 Å². The van der Waals surface area contributed by atoms with Crippen LogP contribution in [0.4, 0.5) is 0 Å². The molecule has 3 rings (SSSR count). The summed E-state index contributed by atoms with van der Waals surface area (Å²) in [5, 5.41) is 0. The summed E-state index contributed by atoms with van der Waals surface area (Å²) in [6.45, 7) is 6.87. The number of benzene rings is 1. The molecule has 0 aliphatic heterocycles. The smallest absolute Gasteiger partial charge is 0.258 e. The highest BCUT2D eigenvalue weighted by Crippen LogP contribution is 2.11. The van der Waals surface area contributed by atoms with Gasteiger partial charge in [0, 0.05) is 39.0 Å². The lowest BCUT2D eigenvalue weighted by molar-refractivity contribution is 0.139. The molecule has 0 aliphatic rings. The number of aromatic nitrogens is 2. The largest absolute Gasteiger partial charge is 0.383 e. The summed E-state index contributed by atoms with van der Waals surface area (Å²) in [7, 11) is 1.70. The van der Waals surface area contributed by atoms with Crippen LogP contribution in [-0.4, -0.2) is 34.5 Å². The molecule has 0 unspecified atom stereocenters. The Morgan fingerprint density at radius 2 is 1.88 bits per heavy atom. The first-order chi connectivity index (χ1) is 12.6. The van der Waals surface area contributed by atoms with Gasteiger partial charge >= 0.3 is 0 Å². The Morgan fingerprint density at radius 1 is 1.12 bits per heavy atom. The van der Waals surface area contributed by atoms with E-state index in [1.807, 2.05) is 19.1 Å². The normalized spacial score (nSPS) is 11.4. The van der Waals surface area contributed by atoms with Crippen LogP contribution in [0, 0.1) is 13.8 Å². The van der Waals surface area contributed by atoms with Crippen LogP contribution in [0.25, 0.3) is 5.65 Å². The zero-order valence-electron chi connectivity index (χ0n) is 15.6. The van der Waals surface area contributed by atoms with E-state index in [9.17, 15) is 4.79 Å². The minimum Gasteiger partial charge on any atom is -0.383 e. The van der Waals surface area contributed by atoms with E-state index in [2.05, 4.69) is 36.1 Å². The molecule has 0 saturated carbocycles. The van der Waals surface area contributed by atoms with E-state index in [0.717, 1.165) is 30.0 Å². The minimum absolute atomic E-state index is 0.0456. The molecular weight excluding hydrogens is 326 g/mol. The van der Waals surface area contributed by atoms with Gasteiger partial charge in [-0.25, -0.2) is 4.98 Å². The van der Waals surface area contributed by atoms with Crippen molar-refractivity contribution in [3.05, 3.63) is 81.4 Å². The molecule has 0 amide bonds. The van der Waals surface area contributed by atoms with Gasteiger partial charge in [-0.1, -0.05) is 35.9 Å². The zero-order chi connectivity index (χ0) is 18.5. The van der Waals surface area contributed by atoms with Crippen molar-refractivity contribution in [3.63, 3.8) is 0 Å². The second-order valence-electron chi connectivity index (χ2n) is 6.66. The van der Waals surface area contributed by atoms with Gasteiger partial charge in [0.15, 0.2) is 0 Å². The van der Waals surface area contributed by atoms with E-state index in [1.54, 1.807) is 23.8 Å². The number of aryl methyl sites for hydroxylation is 2. The number of methoxy groups -OCH3 is 1. The Bertz CT molecular complexity index is 932. The molecule has 2 heterocycles. The van der Waals surface area contributed by atoms with Crippen LogP contribution in [0.5, 0.6) is 0 Å². The van der Waals surface area contributed by atoms with Gasteiger partial charge in [0.1, 0.15) is 5.65 Å². The first-order valence-electron chi connectivity index (χ1n) is 8.81. The molecule has 0 bridgehead atoms. The molecule has 0 spiro atoms.